The van der Waals surface area contributed by atoms with Gasteiger partial charge in [-0.05, 0) is 31.6 Å². The van der Waals surface area contributed by atoms with E-state index in [1.807, 2.05) is 13.8 Å². The first-order chi connectivity index (χ1) is 18.8. The van der Waals surface area contributed by atoms with E-state index in [0.717, 1.165) is 0 Å². The van der Waals surface area contributed by atoms with E-state index in [9.17, 15) is 28.8 Å². The molecular formula is C28H45N5O7. The first kappa shape index (κ1) is 32.8. The minimum Gasteiger partial charge on any atom is -0.452 e. The van der Waals surface area contributed by atoms with Crippen LogP contribution < -0.4 is 16.0 Å². The van der Waals surface area contributed by atoms with Crippen molar-refractivity contribution in [2.24, 2.45) is 11.8 Å². The quantitative estimate of drug-likeness (QED) is 0.325. The number of hydrogen-bond donors (Lipinski definition) is 3. The van der Waals surface area contributed by atoms with Crippen molar-refractivity contribution in [1.29, 1.82) is 0 Å². The summed E-state index contributed by atoms with van der Waals surface area (Å²) >= 11 is 0. The van der Waals surface area contributed by atoms with Gasteiger partial charge in [-0.15, -0.1) is 6.58 Å². The Hall–Kier alpha value is -3.44. The molecule has 2 aliphatic rings. The third kappa shape index (κ3) is 8.04. The lowest BCUT2D eigenvalue weighted by Crippen LogP contribution is -2.60. The molecule has 40 heavy (non-hydrogen) atoms. The van der Waals surface area contributed by atoms with E-state index in [1.165, 1.54) is 22.9 Å². The van der Waals surface area contributed by atoms with Crippen molar-refractivity contribution in [1.82, 2.24) is 25.8 Å². The number of nitrogens with one attached hydrogen (secondary N) is 3. The summed E-state index contributed by atoms with van der Waals surface area (Å²) in [5.41, 5.74) is 0. The van der Waals surface area contributed by atoms with Gasteiger partial charge in [-0.1, -0.05) is 40.2 Å². The number of fused-ring (bicyclic) bond motifs is 1. The fraction of sp³-hybridized carbons (Fsp3) is 0.714. The number of ether oxygens (including phenoxy) is 1. The van der Waals surface area contributed by atoms with Crippen molar-refractivity contribution < 1.29 is 33.5 Å². The summed E-state index contributed by atoms with van der Waals surface area (Å²) < 4.78 is 5.43. The molecule has 12 nitrogen and oxygen atoms in total. The van der Waals surface area contributed by atoms with Crippen molar-refractivity contribution in [2.45, 2.75) is 97.0 Å². The summed E-state index contributed by atoms with van der Waals surface area (Å²) in [5, 5.41) is 8.24. The van der Waals surface area contributed by atoms with Crippen molar-refractivity contribution >= 4 is 35.5 Å². The molecule has 0 spiro atoms. The molecule has 0 aliphatic carbocycles. The van der Waals surface area contributed by atoms with Gasteiger partial charge in [-0.3, -0.25) is 28.8 Å². The number of esters is 1. The summed E-state index contributed by atoms with van der Waals surface area (Å²) in [5.74, 6) is -3.75. The number of rotatable bonds is 5. The average Bonchev–Trinajstić information content (AvgIpc) is 3.41. The van der Waals surface area contributed by atoms with Crippen LogP contribution in [0.3, 0.4) is 0 Å². The molecule has 0 aromatic rings. The highest BCUT2D eigenvalue weighted by molar-refractivity contribution is 5.96. The Morgan fingerprint density at radius 1 is 1.00 bits per heavy atom. The predicted octanol–water partition coefficient (Wildman–Crippen LogP) is 0.504. The van der Waals surface area contributed by atoms with Crippen LogP contribution in [0, 0.1) is 11.8 Å². The summed E-state index contributed by atoms with van der Waals surface area (Å²) in [6, 6.07) is -3.64. The first-order valence-electron chi connectivity index (χ1n) is 14.1. The van der Waals surface area contributed by atoms with Crippen LogP contribution in [0.1, 0.15) is 66.7 Å². The summed E-state index contributed by atoms with van der Waals surface area (Å²) in [6.45, 7) is 12.7. The van der Waals surface area contributed by atoms with Crippen LogP contribution in [-0.4, -0.2) is 95.7 Å². The number of cyclic esters (lactones) is 1. The Bertz CT molecular complexity index is 984. The molecule has 2 aliphatic heterocycles. The third-order valence-electron chi connectivity index (χ3n) is 7.73. The molecule has 6 atom stereocenters. The number of amides is 5. The van der Waals surface area contributed by atoms with Crippen molar-refractivity contribution in [3.63, 3.8) is 0 Å². The lowest BCUT2D eigenvalue weighted by atomic mass is 9.95. The van der Waals surface area contributed by atoms with Gasteiger partial charge in [-0.25, -0.2) is 0 Å². The fourth-order valence-corrected chi connectivity index (χ4v) is 4.79. The van der Waals surface area contributed by atoms with Crippen LogP contribution in [0.4, 0.5) is 0 Å². The van der Waals surface area contributed by atoms with E-state index in [4.69, 9.17) is 4.74 Å². The summed E-state index contributed by atoms with van der Waals surface area (Å²) in [4.78, 5) is 81.7. The molecule has 2 rings (SSSR count). The molecule has 0 saturated carbocycles. The topological polar surface area (TPSA) is 154 Å². The zero-order chi connectivity index (χ0) is 30.1. The minimum atomic E-state index is -1.17. The fourth-order valence-electron chi connectivity index (χ4n) is 4.79. The Labute approximate surface area is 236 Å². The highest BCUT2D eigenvalue weighted by atomic mass is 16.5. The van der Waals surface area contributed by atoms with Crippen LogP contribution >= 0.6 is 0 Å². The first-order valence-corrected chi connectivity index (χ1v) is 14.1. The lowest BCUT2D eigenvalue weighted by Gasteiger charge is -2.33. The molecule has 5 amide bonds. The smallest absolute Gasteiger partial charge is 0.308 e. The monoisotopic (exact) mass is 563 g/mol. The average molecular weight is 564 g/mol. The van der Waals surface area contributed by atoms with Crippen LogP contribution in [0.5, 0.6) is 0 Å². The zero-order valence-corrected chi connectivity index (χ0v) is 24.5. The van der Waals surface area contributed by atoms with E-state index in [-0.39, 0.29) is 31.2 Å². The molecule has 0 aromatic heterocycles. The molecule has 224 valence electrons. The van der Waals surface area contributed by atoms with Gasteiger partial charge in [-0.2, -0.15) is 0 Å². The Morgan fingerprint density at radius 3 is 2.25 bits per heavy atom. The molecule has 12 heteroatoms. The Balaban J connectivity index is 2.46. The van der Waals surface area contributed by atoms with Gasteiger partial charge in [0.2, 0.25) is 23.6 Å². The second-order valence-corrected chi connectivity index (χ2v) is 11.0. The van der Waals surface area contributed by atoms with E-state index in [2.05, 4.69) is 22.5 Å². The highest BCUT2D eigenvalue weighted by Gasteiger charge is 2.41. The number of nitrogens with zero attached hydrogens (tertiary/aromatic N) is 2. The number of likely N-dealkylation sites (N-methyl/N-ethyl adjacent to an activating group) is 1. The normalized spacial score (nSPS) is 28.9. The molecule has 3 N–H and O–H groups in total. The van der Waals surface area contributed by atoms with Gasteiger partial charge in [0.25, 0.3) is 5.91 Å². The minimum absolute atomic E-state index is 0.0558. The SMILES string of the molecule is C=CCC1OC(=O)CCNC(=O)C(C)N(C)C(=O)C(C(C)C)NC(=O)C(C(C)CC)NC(=O)C2CCCN2C1=O. The van der Waals surface area contributed by atoms with Gasteiger partial charge in [0.05, 0.1) is 6.42 Å². The van der Waals surface area contributed by atoms with E-state index >= 15 is 0 Å². The lowest BCUT2D eigenvalue weighted by molar-refractivity contribution is -0.161. The molecule has 2 heterocycles. The van der Waals surface area contributed by atoms with Crippen LogP contribution in [-0.2, 0) is 33.5 Å². The van der Waals surface area contributed by atoms with Gasteiger partial charge in [0.15, 0.2) is 6.10 Å². The molecule has 6 unspecified atom stereocenters. The van der Waals surface area contributed by atoms with Crippen LogP contribution in [0.15, 0.2) is 12.7 Å². The Kier molecular flexibility index (Phi) is 12.1. The van der Waals surface area contributed by atoms with E-state index in [1.54, 1.807) is 20.8 Å². The second-order valence-electron chi connectivity index (χ2n) is 11.0. The molecule has 2 fully saturated rings. The highest BCUT2D eigenvalue weighted by Crippen LogP contribution is 2.22. The molecule has 0 bridgehead atoms. The van der Waals surface area contributed by atoms with Gasteiger partial charge >= 0.3 is 5.97 Å². The van der Waals surface area contributed by atoms with Crippen LogP contribution in [0.25, 0.3) is 0 Å². The summed E-state index contributed by atoms with van der Waals surface area (Å²) in [6.07, 6.45) is 1.69. The van der Waals surface area contributed by atoms with E-state index < -0.39 is 65.8 Å². The predicted molar refractivity (Wildman–Crippen MR) is 147 cm³/mol. The maximum absolute atomic E-state index is 13.5. The second kappa shape index (κ2) is 14.8. The molecule has 2 saturated heterocycles. The number of carbonyl (C=O) groups excluding carboxylic acids is 6. The number of carbonyl (C=O) groups is 6. The van der Waals surface area contributed by atoms with Crippen LogP contribution in [0.2, 0.25) is 0 Å². The molecular weight excluding hydrogens is 518 g/mol. The zero-order valence-electron chi connectivity index (χ0n) is 24.5. The van der Waals surface area contributed by atoms with E-state index in [0.29, 0.717) is 25.8 Å². The van der Waals surface area contributed by atoms with Crippen molar-refractivity contribution in [2.75, 3.05) is 20.1 Å². The van der Waals surface area contributed by atoms with Crippen molar-refractivity contribution in [3.05, 3.63) is 12.7 Å². The van der Waals surface area contributed by atoms with Crippen molar-refractivity contribution in [3.8, 4) is 0 Å². The largest absolute Gasteiger partial charge is 0.452 e. The summed E-state index contributed by atoms with van der Waals surface area (Å²) in [7, 11) is 1.47. The molecule has 0 radical (unpaired) electrons. The third-order valence-corrected chi connectivity index (χ3v) is 7.73. The van der Waals surface area contributed by atoms with Gasteiger partial charge < -0.3 is 30.5 Å². The van der Waals surface area contributed by atoms with Gasteiger partial charge in [0.1, 0.15) is 24.2 Å². The maximum atomic E-state index is 13.5. The Morgan fingerprint density at radius 2 is 1.65 bits per heavy atom. The molecule has 0 aromatic carbocycles. The number of hydrogen-bond acceptors (Lipinski definition) is 7. The standard InChI is InChI=1S/C28H45N5O7/c1-8-11-20-27(38)33-15-10-12-19(33)25(36)31-23(17(5)9-2)26(37)30-22(16(3)4)28(39)32(7)18(6)24(35)29-14-13-21(34)40-20/h8,16-20,22-23H,1,9-15H2,2-7H3,(H,29,35)(H,30,37)(H,31,36). The maximum Gasteiger partial charge on any atom is 0.308 e. The van der Waals surface area contributed by atoms with Gasteiger partial charge in [0, 0.05) is 26.6 Å².